The van der Waals surface area contributed by atoms with Gasteiger partial charge in [0.05, 0.1) is 0 Å². The summed E-state index contributed by atoms with van der Waals surface area (Å²) < 4.78 is 22.3. The van der Waals surface area contributed by atoms with Gasteiger partial charge >= 0.3 is 64.7 Å². The number of hydrogen-bond donors (Lipinski definition) is 2. The number of rotatable bonds is 2. The Morgan fingerprint density at radius 2 is 1.88 bits per heavy atom. The van der Waals surface area contributed by atoms with Gasteiger partial charge in [0, 0.05) is 0 Å². The fourth-order valence-corrected chi connectivity index (χ4v) is 0.537. The van der Waals surface area contributed by atoms with Crippen LogP contribution in [-0.2, 0) is 28.3 Å². The summed E-state index contributed by atoms with van der Waals surface area (Å²) in [5.41, 5.74) is 0. The molecule has 0 rings (SSSR count). The Balaban J connectivity index is 0. The zero-order chi connectivity index (χ0) is 5.91. The van der Waals surface area contributed by atoms with E-state index in [0.717, 1.165) is 0 Å². The number of phosphoric acid groups is 1. The van der Waals surface area contributed by atoms with Gasteiger partial charge in [0.25, 0.3) is 0 Å². The molecule has 5 nitrogen and oxygen atoms in total. The predicted molar refractivity (Wildman–Crippen MR) is 21.0 cm³/mol. The zero-order valence-corrected chi connectivity index (χ0v) is 5.30. The first kappa shape index (κ1) is 11.8. The first-order valence-corrected chi connectivity index (χ1v) is 3.80. The molecule has 0 aromatic rings. The minimum atomic E-state index is -4.44. The molecule has 0 aliphatic rings. The fourth-order valence-electron chi connectivity index (χ4n) is 0.0434. The SMILES string of the molecule is [LiH].[O]=[V][O]P(=O)(O)O. The maximum absolute atomic E-state index is 9.53. The van der Waals surface area contributed by atoms with E-state index in [2.05, 4.69) is 3.45 Å². The average Bonchev–Trinajstić information content (AvgIpc) is 1.30. The summed E-state index contributed by atoms with van der Waals surface area (Å²) in [6.45, 7) is 0. The molecule has 0 bridgehead atoms. The second kappa shape index (κ2) is 4.92. The van der Waals surface area contributed by atoms with Gasteiger partial charge in [-0.15, -0.1) is 0 Å². The maximum atomic E-state index is 9.53. The van der Waals surface area contributed by atoms with Crippen LogP contribution >= 0.6 is 7.82 Å². The average molecular weight is 172 g/mol. The molecule has 0 aliphatic carbocycles. The van der Waals surface area contributed by atoms with Crippen molar-refractivity contribution in [2.45, 2.75) is 0 Å². The van der Waals surface area contributed by atoms with Gasteiger partial charge in [-0.2, -0.15) is 0 Å². The van der Waals surface area contributed by atoms with E-state index in [1.54, 1.807) is 0 Å². The van der Waals surface area contributed by atoms with Gasteiger partial charge in [0.1, 0.15) is 0 Å². The van der Waals surface area contributed by atoms with Crippen LogP contribution in [0.3, 0.4) is 0 Å². The Labute approximate surface area is 64.9 Å². The van der Waals surface area contributed by atoms with Crippen LogP contribution in [0.1, 0.15) is 0 Å². The van der Waals surface area contributed by atoms with Crippen molar-refractivity contribution in [3.05, 3.63) is 0 Å². The molecule has 0 unspecified atom stereocenters. The van der Waals surface area contributed by atoms with E-state index in [1.807, 2.05) is 0 Å². The number of hydrogen-bond acceptors (Lipinski definition) is 3. The molecule has 0 amide bonds. The van der Waals surface area contributed by atoms with E-state index in [4.69, 9.17) is 9.79 Å². The Bertz CT molecular complexity index is 105. The fraction of sp³-hybridized carbons (Fsp3) is 0. The van der Waals surface area contributed by atoms with E-state index >= 15 is 0 Å². The molecule has 0 aromatic heterocycles. The third kappa shape index (κ3) is 10.2. The topological polar surface area (TPSA) is 83.8 Å². The minimum absolute atomic E-state index is 0. The molecule has 8 heteroatoms. The van der Waals surface area contributed by atoms with E-state index in [0.29, 0.717) is 0 Å². The van der Waals surface area contributed by atoms with Crippen molar-refractivity contribution in [1.29, 1.82) is 0 Å². The summed E-state index contributed by atoms with van der Waals surface area (Å²) in [5.74, 6) is 0. The molecule has 0 aromatic carbocycles. The summed E-state index contributed by atoms with van der Waals surface area (Å²) in [7, 11) is -4.44. The first-order chi connectivity index (χ1) is 3.06. The molecule has 0 saturated heterocycles. The van der Waals surface area contributed by atoms with Crippen molar-refractivity contribution in [2.75, 3.05) is 0 Å². The van der Waals surface area contributed by atoms with E-state index in [1.165, 1.54) is 0 Å². The normalized spacial score (nSPS) is 9.75. The Morgan fingerprint density at radius 3 is 1.88 bits per heavy atom. The Kier molecular flexibility index (Phi) is 7.28. The van der Waals surface area contributed by atoms with Gasteiger partial charge in [-0.25, -0.2) is 0 Å². The van der Waals surface area contributed by atoms with E-state index < -0.39 is 24.4 Å². The quantitative estimate of drug-likeness (QED) is 0.403. The third-order valence-electron chi connectivity index (χ3n) is 0.140. The molecule has 2 N–H and O–H groups in total. The molecular weight excluding hydrogens is 169 g/mol. The molecule has 0 spiro atoms. The molecular formula is H3LiO5PV. The van der Waals surface area contributed by atoms with Crippen molar-refractivity contribution in [3.63, 3.8) is 0 Å². The van der Waals surface area contributed by atoms with Crippen molar-refractivity contribution in [2.24, 2.45) is 0 Å². The first-order valence-electron chi connectivity index (χ1n) is 1.13. The van der Waals surface area contributed by atoms with Crippen LogP contribution in [0.2, 0.25) is 0 Å². The Hall–Kier alpha value is 1.09. The van der Waals surface area contributed by atoms with Crippen molar-refractivity contribution in [3.8, 4) is 0 Å². The zero-order valence-electron chi connectivity index (χ0n) is 3.01. The molecule has 0 fully saturated rings. The summed E-state index contributed by atoms with van der Waals surface area (Å²) in [4.78, 5) is 15.5. The second-order valence-electron chi connectivity index (χ2n) is 0.647. The van der Waals surface area contributed by atoms with Crippen LogP contribution in [0.15, 0.2) is 0 Å². The van der Waals surface area contributed by atoms with Crippen LogP contribution in [-0.4, -0.2) is 28.6 Å². The molecule has 0 atom stereocenters. The molecule has 8 heavy (non-hydrogen) atoms. The summed E-state index contributed by atoms with van der Waals surface area (Å²) >= 11 is -1.88. The van der Waals surface area contributed by atoms with Crippen LogP contribution in [0, 0.1) is 0 Å². The van der Waals surface area contributed by atoms with Gasteiger partial charge in [-0.1, -0.05) is 0 Å². The van der Waals surface area contributed by atoms with Crippen molar-refractivity contribution in [1.82, 2.24) is 0 Å². The van der Waals surface area contributed by atoms with Crippen LogP contribution in [0.25, 0.3) is 0 Å². The third-order valence-corrected chi connectivity index (χ3v) is 1.73. The van der Waals surface area contributed by atoms with Gasteiger partial charge in [-0.3, -0.25) is 0 Å². The van der Waals surface area contributed by atoms with E-state index in [9.17, 15) is 8.24 Å². The molecule has 0 radical (unpaired) electrons. The summed E-state index contributed by atoms with van der Waals surface area (Å²) in [5, 5.41) is 0. The monoisotopic (exact) mass is 172 g/mol. The second-order valence-corrected chi connectivity index (χ2v) is 2.79. The van der Waals surface area contributed by atoms with Crippen LogP contribution in [0.5, 0.6) is 0 Å². The molecule has 0 saturated carbocycles. The van der Waals surface area contributed by atoms with Crippen molar-refractivity contribution >= 4 is 26.7 Å². The molecule has 0 heterocycles. The summed E-state index contributed by atoms with van der Waals surface area (Å²) in [6, 6.07) is 0. The molecule has 44 valence electrons. The van der Waals surface area contributed by atoms with Gasteiger partial charge < -0.3 is 0 Å². The Morgan fingerprint density at radius 1 is 1.50 bits per heavy atom. The van der Waals surface area contributed by atoms with Crippen LogP contribution < -0.4 is 0 Å². The van der Waals surface area contributed by atoms with Crippen LogP contribution in [0.4, 0.5) is 0 Å². The summed E-state index contributed by atoms with van der Waals surface area (Å²) in [6.07, 6.45) is 0. The predicted octanol–water partition coefficient (Wildman–Crippen LogP) is -1.21. The van der Waals surface area contributed by atoms with E-state index in [-0.39, 0.29) is 18.9 Å². The van der Waals surface area contributed by atoms with Crippen molar-refractivity contribution < 1.29 is 38.1 Å². The standard InChI is InChI=1S/Li.H3O4P.O.V.H/c;1-5(2,3)4;;;/h;(H3,1,2,3,4);;;/q;;;+1;/p-1. The molecule has 0 aliphatic heterocycles. The van der Waals surface area contributed by atoms with Gasteiger partial charge in [-0.05, 0) is 0 Å². The van der Waals surface area contributed by atoms with Gasteiger partial charge in [0.2, 0.25) is 0 Å². The van der Waals surface area contributed by atoms with Gasteiger partial charge in [0.15, 0.2) is 0 Å².